The van der Waals surface area contributed by atoms with Gasteiger partial charge in [-0.1, -0.05) is 11.6 Å². The predicted molar refractivity (Wildman–Crippen MR) is 110 cm³/mol. The van der Waals surface area contributed by atoms with Gasteiger partial charge in [0.25, 0.3) is 0 Å². The van der Waals surface area contributed by atoms with Gasteiger partial charge in [-0.15, -0.1) is 0 Å². The highest BCUT2D eigenvalue weighted by Gasteiger charge is 2.28. The van der Waals surface area contributed by atoms with Gasteiger partial charge in [0, 0.05) is 25.3 Å². The Morgan fingerprint density at radius 1 is 1.18 bits per heavy atom. The van der Waals surface area contributed by atoms with Crippen LogP contribution >= 0.6 is 0 Å². The Morgan fingerprint density at radius 2 is 2.00 bits per heavy atom. The maximum Gasteiger partial charge on any atom is 0.321 e. The van der Waals surface area contributed by atoms with Crippen LogP contribution in [0.5, 0.6) is 5.75 Å². The van der Waals surface area contributed by atoms with E-state index >= 15 is 0 Å². The highest BCUT2D eigenvalue weighted by molar-refractivity contribution is 5.90. The van der Waals surface area contributed by atoms with Crippen LogP contribution in [0, 0.1) is 5.92 Å². The number of carbonyl (C=O) groups excluding carboxylic acids is 2. The molecule has 1 aliphatic carbocycles. The minimum absolute atomic E-state index is 0.0679. The van der Waals surface area contributed by atoms with Crippen LogP contribution in [0.1, 0.15) is 44.9 Å². The first-order valence-electron chi connectivity index (χ1n) is 10.3. The molecule has 1 atom stereocenters. The molecule has 3 rings (SSSR count). The third-order valence-electron chi connectivity index (χ3n) is 5.55. The molecule has 0 unspecified atom stereocenters. The highest BCUT2D eigenvalue weighted by Crippen LogP contribution is 2.21. The number of methoxy groups -OCH3 is 1. The van der Waals surface area contributed by atoms with Gasteiger partial charge in [-0.3, -0.25) is 4.79 Å². The summed E-state index contributed by atoms with van der Waals surface area (Å²) >= 11 is 0. The first-order chi connectivity index (χ1) is 13.7. The average Bonchev–Trinajstić information content (AvgIpc) is 2.75. The van der Waals surface area contributed by atoms with Crippen molar-refractivity contribution < 1.29 is 14.3 Å². The summed E-state index contributed by atoms with van der Waals surface area (Å²) in [6.07, 6.45) is 9.83. The van der Waals surface area contributed by atoms with E-state index in [-0.39, 0.29) is 17.9 Å². The minimum atomic E-state index is -0.157. The molecular weight excluding hydrogens is 354 g/mol. The number of likely N-dealkylation sites (tertiary alicyclic amines) is 1. The molecule has 3 amide bonds. The van der Waals surface area contributed by atoms with Crippen molar-refractivity contribution in [2.45, 2.75) is 44.9 Å². The topological polar surface area (TPSA) is 70.7 Å². The van der Waals surface area contributed by atoms with Crippen molar-refractivity contribution in [2.24, 2.45) is 5.92 Å². The summed E-state index contributed by atoms with van der Waals surface area (Å²) in [6.45, 7) is 1.84. The summed E-state index contributed by atoms with van der Waals surface area (Å²) in [5.41, 5.74) is 2.19. The van der Waals surface area contributed by atoms with Crippen molar-refractivity contribution in [2.75, 3.05) is 32.1 Å². The van der Waals surface area contributed by atoms with Crippen molar-refractivity contribution in [3.63, 3.8) is 0 Å². The van der Waals surface area contributed by atoms with E-state index in [1.54, 1.807) is 12.0 Å². The smallest absolute Gasteiger partial charge is 0.321 e. The molecule has 0 aromatic heterocycles. The standard InChI is InChI=1S/C22H31N3O3/c1-28-20-11-9-19(10-12-20)24-22(27)25-15-5-8-18(16-25)21(26)23-14-13-17-6-3-2-4-7-17/h6,9-12,18H,2-5,7-8,13-16H2,1H3,(H,23,26)(H,24,27)/t18-/m1/s1. The largest absolute Gasteiger partial charge is 0.497 e. The predicted octanol–water partition coefficient (Wildman–Crippen LogP) is 3.95. The van der Waals surface area contributed by atoms with Gasteiger partial charge in [0.15, 0.2) is 0 Å². The van der Waals surface area contributed by atoms with Crippen LogP contribution in [0.3, 0.4) is 0 Å². The number of nitrogens with zero attached hydrogens (tertiary/aromatic N) is 1. The van der Waals surface area contributed by atoms with Crippen LogP contribution in [0.25, 0.3) is 0 Å². The van der Waals surface area contributed by atoms with Crippen molar-refractivity contribution in [1.82, 2.24) is 10.2 Å². The van der Waals surface area contributed by atoms with Gasteiger partial charge in [-0.2, -0.15) is 0 Å². The van der Waals surface area contributed by atoms with Gasteiger partial charge in [-0.05, 0) is 69.2 Å². The van der Waals surface area contributed by atoms with E-state index < -0.39 is 0 Å². The summed E-state index contributed by atoms with van der Waals surface area (Å²) in [7, 11) is 1.61. The lowest BCUT2D eigenvalue weighted by atomic mass is 9.96. The zero-order chi connectivity index (χ0) is 19.8. The molecule has 0 bridgehead atoms. The molecule has 152 valence electrons. The SMILES string of the molecule is COc1ccc(NC(=O)N2CCC[C@@H](C(=O)NCCC3=CCCCC3)C2)cc1. The van der Waals surface area contributed by atoms with E-state index in [1.165, 1.54) is 31.3 Å². The molecule has 1 saturated heterocycles. The van der Waals surface area contributed by atoms with Crippen LogP contribution in [-0.4, -0.2) is 43.6 Å². The second kappa shape index (κ2) is 10.2. The molecule has 0 saturated carbocycles. The van der Waals surface area contributed by atoms with E-state index in [9.17, 15) is 9.59 Å². The molecule has 1 aromatic carbocycles. The fourth-order valence-corrected chi connectivity index (χ4v) is 3.87. The van der Waals surface area contributed by atoms with Gasteiger partial charge in [0.2, 0.25) is 5.91 Å². The molecular formula is C22H31N3O3. The molecule has 1 aromatic rings. The van der Waals surface area contributed by atoms with Gasteiger partial charge < -0.3 is 20.3 Å². The minimum Gasteiger partial charge on any atom is -0.497 e. The Kier molecular flexibility index (Phi) is 7.34. The number of hydrogen-bond acceptors (Lipinski definition) is 3. The van der Waals surface area contributed by atoms with E-state index in [2.05, 4.69) is 16.7 Å². The quantitative estimate of drug-likeness (QED) is 0.729. The monoisotopic (exact) mass is 385 g/mol. The maximum absolute atomic E-state index is 12.6. The fraction of sp³-hybridized carbons (Fsp3) is 0.545. The highest BCUT2D eigenvalue weighted by atomic mass is 16.5. The molecule has 1 heterocycles. The molecule has 0 radical (unpaired) electrons. The first-order valence-corrected chi connectivity index (χ1v) is 10.3. The number of carbonyl (C=O) groups is 2. The number of allylic oxidation sites excluding steroid dienone is 1. The second-order valence-electron chi connectivity index (χ2n) is 7.59. The number of anilines is 1. The van der Waals surface area contributed by atoms with Crippen LogP contribution in [-0.2, 0) is 4.79 Å². The second-order valence-corrected chi connectivity index (χ2v) is 7.59. The fourth-order valence-electron chi connectivity index (χ4n) is 3.87. The van der Waals surface area contributed by atoms with Crippen LogP contribution in [0.15, 0.2) is 35.9 Å². The average molecular weight is 386 g/mol. The molecule has 6 heteroatoms. The lowest BCUT2D eigenvalue weighted by Crippen LogP contribution is -2.47. The lowest BCUT2D eigenvalue weighted by Gasteiger charge is -2.32. The van der Waals surface area contributed by atoms with Crippen molar-refractivity contribution in [3.8, 4) is 5.75 Å². The molecule has 2 N–H and O–H groups in total. The summed E-state index contributed by atoms with van der Waals surface area (Å²) < 4.78 is 5.13. The van der Waals surface area contributed by atoms with Crippen molar-refractivity contribution in [1.29, 1.82) is 0 Å². The van der Waals surface area contributed by atoms with Gasteiger partial charge in [-0.25, -0.2) is 4.79 Å². The number of rotatable bonds is 6. The molecule has 28 heavy (non-hydrogen) atoms. The lowest BCUT2D eigenvalue weighted by molar-refractivity contribution is -0.126. The van der Waals surface area contributed by atoms with Crippen LogP contribution in [0.4, 0.5) is 10.5 Å². The van der Waals surface area contributed by atoms with E-state index in [4.69, 9.17) is 4.74 Å². The Hall–Kier alpha value is -2.50. The number of piperidine rings is 1. The molecule has 1 aliphatic heterocycles. The molecule has 1 fully saturated rings. The zero-order valence-corrected chi connectivity index (χ0v) is 16.7. The molecule has 6 nitrogen and oxygen atoms in total. The summed E-state index contributed by atoms with van der Waals surface area (Å²) in [5.74, 6) is 0.686. The number of ether oxygens (including phenoxy) is 1. The van der Waals surface area contributed by atoms with E-state index in [1.807, 2.05) is 24.3 Å². The number of benzene rings is 1. The van der Waals surface area contributed by atoms with E-state index in [0.29, 0.717) is 19.6 Å². The zero-order valence-electron chi connectivity index (χ0n) is 16.7. The third-order valence-corrected chi connectivity index (χ3v) is 5.55. The van der Waals surface area contributed by atoms with Gasteiger partial charge >= 0.3 is 6.03 Å². The molecule has 2 aliphatic rings. The van der Waals surface area contributed by atoms with Gasteiger partial charge in [0.1, 0.15) is 5.75 Å². The summed E-state index contributed by atoms with van der Waals surface area (Å²) in [6, 6.07) is 7.08. The van der Waals surface area contributed by atoms with Crippen molar-refractivity contribution >= 4 is 17.6 Å². The third kappa shape index (κ3) is 5.75. The normalized spacial score (nSPS) is 19.5. The Balaban J connectivity index is 1.44. The Bertz CT molecular complexity index is 699. The first kappa shape index (κ1) is 20.2. The Labute approximate surface area is 167 Å². The van der Waals surface area contributed by atoms with Crippen molar-refractivity contribution in [3.05, 3.63) is 35.9 Å². The maximum atomic E-state index is 12.6. The molecule has 0 spiro atoms. The summed E-state index contributed by atoms with van der Waals surface area (Å²) in [5, 5.41) is 5.97. The number of urea groups is 1. The van der Waals surface area contributed by atoms with Crippen LogP contribution < -0.4 is 15.4 Å². The Morgan fingerprint density at radius 3 is 2.71 bits per heavy atom. The number of amides is 3. The van der Waals surface area contributed by atoms with E-state index in [0.717, 1.165) is 30.7 Å². The van der Waals surface area contributed by atoms with Crippen LogP contribution in [0.2, 0.25) is 0 Å². The number of nitrogens with one attached hydrogen (secondary N) is 2. The van der Waals surface area contributed by atoms with Gasteiger partial charge in [0.05, 0.1) is 13.0 Å². The summed E-state index contributed by atoms with van der Waals surface area (Å²) in [4.78, 5) is 26.8. The number of hydrogen-bond donors (Lipinski definition) is 2.